The SMILES string of the molecule is CN=C(NCCc1ccc2c(c1)CCO2)NCCc1c[nH]c2cc(C)ccc12.I. The van der Waals surface area contributed by atoms with Crippen molar-refractivity contribution in [3.8, 4) is 5.75 Å². The number of halogens is 1. The molecule has 0 spiro atoms. The molecule has 0 aliphatic carbocycles. The summed E-state index contributed by atoms with van der Waals surface area (Å²) in [5, 5.41) is 8.13. The normalized spacial score (nSPS) is 13.0. The molecular weight excluding hydrogens is 475 g/mol. The topological polar surface area (TPSA) is 61.4 Å². The van der Waals surface area contributed by atoms with E-state index in [0.717, 1.165) is 50.7 Å². The molecule has 2 heterocycles. The molecule has 2 aromatic carbocycles. The molecular formula is C23H29IN4O. The lowest BCUT2D eigenvalue weighted by atomic mass is 10.1. The van der Waals surface area contributed by atoms with Gasteiger partial charge in [0.1, 0.15) is 5.75 Å². The van der Waals surface area contributed by atoms with Crippen molar-refractivity contribution in [2.24, 2.45) is 4.99 Å². The van der Waals surface area contributed by atoms with Crippen LogP contribution in [0.2, 0.25) is 0 Å². The smallest absolute Gasteiger partial charge is 0.190 e. The molecule has 0 saturated carbocycles. The molecule has 0 unspecified atom stereocenters. The van der Waals surface area contributed by atoms with Crippen molar-refractivity contribution < 1.29 is 4.74 Å². The average Bonchev–Trinajstić information content (AvgIpc) is 3.33. The molecule has 4 rings (SSSR count). The summed E-state index contributed by atoms with van der Waals surface area (Å²) in [6.07, 6.45) is 5.05. The summed E-state index contributed by atoms with van der Waals surface area (Å²) in [7, 11) is 1.82. The van der Waals surface area contributed by atoms with Gasteiger partial charge in [0.15, 0.2) is 5.96 Å². The van der Waals surface area contributed by atoms with Gasteiger partial charge in [0.2, 0.25) is 0 Å². The maximum atomic E-state index is 5.57. The number of guanidine groups is 1. The van der Waals surface area contributed by atoms with E-state index in [1.807, 2.05) is 7.05 Å². The molecule has 1 aliphatic heterocycles. The lowest BCUT2D eigenvalue weighted by molar-refractivity contribution is 0.357. The van der Waals surface area contributed by atoms with Crippen molar-refractivity contribution in [3.05, 3.63) is 64.8 Å². The largest absolute Gasteiger partial charge is 0.493 e. The molecule has 3 aromatic rings. The van der Waals surface area contributed by atoms with E-state index in [2.05, 4.69) is 70.1 Å². The van der Waals surface area contributed by atoms with Gasteiger partial charge in [0.05, 0.1) is 6.61 Å². The van der Waals surface area contributed by atoms with Crippen LogP contribution in [0.1, 0.15) is 22.3 Å². The second-order valence-electron chi connectivity index (χ2n) is 7.33. The minimum atomic E-state index is 0. The number of aromatic nitrogens is 1. The van der Waals surface area contributed by atoms with Crippen LogP contribution >= 0.6 is 24.0 Å². The van der Waals surface area contributed by atoms with Crippen molar-refractivity contribution in [1.29, 1.82) is 0 Å². The van der Waals surface area contributed by atoms with E-state index in [0.29, 0.717) is 0 Å². The first-order valence-corrected chi connectivity index (χ1v) is 9.98. The highest BCUT2D eigenvalue weighted by Crippen LogP contribution is 2.25. The fourth-order valence-corrected chi connectivity index (χ4v) is 3.76. The highest BCUT2D eigenvalue weighted by Gasteiger charge is 2.11. The predicted molar refractivity (Wildman–Crippen MR) is 131 cm³/mol. The lowest BCUT2D eigenvalue weighted by Crippen LogP contribution is -2.39. The molecule has 154 valence electrons. The van der Waals surface area contributed by atoms with Gasteiger partial charge in [-0.3, -0.25) is 4.99 Å². The summed E-state index contributed by atoms with van der Waals surface area (Å²) in [6, 6.07) is 13.1. The van der Waals surface area contributed by atoms with E-state index in [4.69, 9.17) is 4.74 Å². The van der Waals surface area contributed by atoms with Gasteiger partial charge >= 0.3 is 0 Å². The monoisotopic (exact) mass is 504 g/mol. The summed E-state index contributed by atoms with van der Waals surface area (Å²) in [6.45, 7) is 4.62. The average molecular weight is 504 g/mol. The van der Waals surface area contributed by atoms with Gasteiger partial charge in [-0.15, -0.1) is 24.0 Å². The van der Waals surface area contributed by atoms with Gasteiger partial charge in [-0.05, 0) is 54.2 Å². The molecule has 5 nitrogen and oxygen atoms in total. The number of aliphatic imine (C=N–C) groups is 1. The third-order valence-electron chi connectivity index (χ3n) is 5.29. The molecule has 0 radical (unpaired) electrons. The van der Waals surface area contributed by atoms with Crippen molar-refractivity contribution in [3.63, 3.8) is 0 Å². The number of benzene rings is 2. The number of rotatable bonds is 6. The Morgan fingerprint density at radius 3 is 2.76 bits per heavy atom. The highest BCUT2D eigenvalue weighted by atomic mass is 127. The van der Waals surface area contributed by atoms with E-state index >= 15 is 0 Å². The van der Waals surface area contributed by atoms with Crippen molar-refractivity contribution in [2.75, 3.05) is 26.7 Å². The lowest BCUT2D eigenvalue weighted by Gasteiger charge is -2.12. The Morgan fingerprint density at radius 1 is 1.10 bits per heavy atom. The molecule has 6 heteroatoms. The van der Waals surface area contributed by atoms with E-state index in [1.165, 1.54) is 33.2 Å². The Morgan fingerprint density at radius 2 is 1.93 bits per heavy atom. The summed E-state index contributed by atoms with van der Waals surface area (Å²) in [4.78, 5) is 7.71. The highest BCUT2D eigenvalue weighted by molar-refractivity contribution is 14.0. The Hall–Kier alpha value is -2.22. The zero-order chi connectivity index (χ0) is 19.3. The number of aryl methyl sites for hydroxylation is 1. The van der Waals surface area contributed by atoms with Crippen molar-refractivity contribution in [2.45, 2.75) is 26.2 Å². The van der Waals surface area contributed by atoms with Crippen LogP contribution < -0.4 is 15.4 Å². The maximum Gasteiger partial charge on any atom is 0.190 e. The maximum absolute atomic E-state index is 5.57. The van der Waals surface area contributed by atoms with Crippen LogP contribution in [0.4, 0.5) is 0 Å². The second-order valence-corrected chi connectivity index (χ2v) is 7.33. The van der Waals surface area contributed by atoms with Gasteiger partial charge in [-0.2, -0.15) is 0 Å². The van der Waals surface area contributed by atoms with Crippen LogP contribution in [-0.4, -0.2) is 37.7 Å². The first kappa shape index (κ1) is 21.5. The van der Waals surface area contributed by atoms with Gasteiger partial charge in [-0.1, -0.05) is 24.3 Å². The number of H-pyrrole nitrogens is 1. The van der Waals surface area contributed by atoms with Crippen LogP contribution in [0.15, 0.2) is 47.6 Å². The van der Waals surface area contributed by atoms with E-state index in [-0.39, 0.29) is 24.0 Å². The van der Waals surface area contributed by atoms with Crippen LogP contribution in [0.25, 0.3) is 10.9 Å². The van der Waals surface area contributed by atoms with Gasteiger partial charge < -0.3 is 20.4 Å². The van der Waals surface area contributed by atoms with Crippen LogP contribution in [0.3, 0.4) is 0 Å². The summed E-state index contributed by atoms with van der Waals surface area (Å²) >= 11 is 0. The summed E-state index contributed by atoms with van der Waals surface area (Å²) in [5.41, 5.74) is 6.48. The number of aromatic amines is 1. The summed E-state index contributed by atoms with van der Waals surface area (Å²) in [5.74, 6) is 1.89. The van der Waals surface area contributed by atoms with Crippen LogP contribution in [-0.2, 0) is 19.3 Å². The molecule has 0 amide bonds. The van der Waals surface area contributed by atoms with Gasteiger partial charge in [0, 0.05) is 43.7 Å². The minimum Gasteiger partial charge on any atom is -0.493 e. The molecule has 0 bridgehead atoms. The third-order valence-corrected chi connectivity index (χ3v) is 5.29. The van der Waals surface area contributed by atoms with E-state index in [1.54, 1.807) is 0 Å². The Labute approximate surface area is 189 Å². The van der Waals surface area contributed by atoms with Gasteiger partial charge in [-0.25, -0.2) is 0 Å². The molecule has 0 saturated heterocycles. The zero-order valence-corrected chi connectivity index (χ0v) is 19.4. The number of nitrogens with one attached hydrogen (secondary N) is 3. The molecule has 1 aliphatic rings. The van der Waals surface area contributed by atoms with Gasteiger partial charge in [0.25, 0.3) is 0 Å². The second kappa shape index (κ2) is 10.0. The number of hydrogen-bond donors (Lipinski definition) is 3. The first-order valence-electron chi connectivity index (χ1n) is 9.98. The minimum absolute atomic E-state index is 0. The first-order chi connectivity index (χ1) is 13.7. The molecule has 0 atom stereocenters. The van der Waals surface area contributed by atoms with Crippen LogP contribution in [0, 0.1) is 6.92 Å². The zero-order valence-electron chi connectivity index (χ0n) is 17.0. The quantitative estimate of drug-likeness (QED) is 0.271. The molecule has 1 aromatic heterocycles. The number of nitrogens with zero attached hydrogens (tertiary/aromatic N) is 1. The number of ether oxygens (including phenoxy) is 1. The number of hydrogen-bond acceptors (Lipinski definition) is 2. The Kier molecular flexibility index (Phi) is 7.41. The molecule has 0 fully saturated rings. The van der Waals surface area contributed by atoms with Crippen molar-refractivity contribution in [1.82, 2.24) is 15.6 Å². The predicted octanol–water partition coefficient (Wildman–Crippen LogP) is 3.98. The fourth-order valence-electron chi connectivity index (χ4n) is 3.76. The third kappa shape index (κ3) is 5.23. The van der Waals surface area contributed by atoms with Crippen molar-refractivity contribution >= 4 is 40.8 Å². The summed E-state index contributed by atoms with van der Waals surface area (Å²) < 4.78 is 5.57. The standard InChI is InChI=1S/C23H28N4O.HI/c1-16-3-5-20-19(15-27-21(20)13-16)8-11-26-23(24-2)25-10-7-17-4-6-22-18(14-17)9-12-28-22;/h3-6,13-15,27H,7-12H2,1-2H3,(H2,24,25,26);1H. The van der Waals surface area contributed by atoms with E-state index < -0.39 is 0 Å². The fraction of sp³-hybridized carbons (Fsp3) is 0.348. The Bertz CT molecular complexity index is 996. The Balaban J connectivity index is 0.00000240. The van der Waals surface area contributed by atoms with Crippen LogP contribution in [0.5, 0.6) is 5.75 Å². The van der Waals surface area contributed by atoms with E-state index in [9.17, 15) is 0 Å². The number of fused-ring (bicyclic) bond motifs is 2. The molecule has 3 N–H and O–H groups in total. The molecule has 29 heavy (non-hydrogen) atoms.